The predicted octanol–water partition coefficient (Wildman–Crippen LogP) is -2.20. The Bertz CT molecular complexity index is 2550. The summed E-state index contributed by atoms with van der Waals surface area (Å²) in [7, 11) is 2.27. The average Bonchev–Trinajstić information content (AvgIpc) is 1.68. The molecule has 0 aliphatic carbocycles. The van der Waals surface area contributed by atoms with Crippen molar-refractivity contribution < 1.29 is 133 Å². The number of rotatable bonds is 50. The zero-order valence-corrected chi connectivity index (χ0v) is 54.1. The summed E-state index contributed by atoms with van der Waals surface area (Å²) >= 11 is 0. The van der Waals surface area contributed by atoms with E-state index < -0.39 is 103 Å². The van der Waals surface area contributed by atoms with Crippen molar-refractivity contribution in [3.05, 3.63) is 23.7 Å². The zero-order chi connectivity index (χ0) is 69.2. The molecule has 4 aliphatic rings. The number of guanidine groups is 2. The largest absolute Gasteiger partial charge is 0.508 e. The van der Waals surface area contributed by atoms with Crippen LogP contribution in [0, 0.1) is 18.3 Å². The van der Waals surface area contributed by atoms with Gasteiger partial charge in [0.2, 0.25) is 23.3 Å². The highest BCUT2D eigenvalue weighted by atomic mass is 16.8. The number of cyclic esters (lactones) is 4. The summed E-state index contributed by atoms with van der Waals surface area (Å²) < 4.78 is 109. The maximum Gasteiger partial charge on any atom is 0.508 e. The Hall–Kier alpha value is -7.86. The maximum atomic E-state index is 13.3. The number of methoxy groups -OCH3 is 2. The second-order valence-corrected chi connectivity index (χ2v) is 20.8. The molecule has 95 heavy (non-hydrogen) atoms. The average molecular weight is 1360 g/mol. The molecule has 0 spiro atoms. The molecule has 4 rings (SSSR count). The lowest BCUT2D eigenvalue weighted by Gasteiger charge is -2.39. The Kier molecular flexibility index (Phi) is 38.8. The van der Waals surface area contributed by atoms with Gasteiger partial charge in [0.05, 0.1) is 151 Å². The molecule has 2 saturated heterocycles. The van der Waals surface area contributed by atoms with E-state index in [1.165, 1.54) is 19.1 Å². The van der Waals surface area contributed by atoms with Gasteiger partial charge in [0.1, 0.15) is 25.9 Å². The molecule has 0 saturated carbocycles. The van der Waals surface area contributed by atoms with E-state index >= 15 is 0 Å². The van der Waals surface area contributed by atoms with Crippen LogP contribution in [0.15, 0.2) is 33.7 Å². The maximum absolute atomic E-state index is 13.3. The number of nitrogens with two attached hydrogens (primary N) is 4. The fraction of sp³-hybridized carbons (Fsp3) is 0.729. The van der Waals surface area contributed by atoms with Crippen LogP contribution in [0.1, 0.15) is 46.0 Å². The summed E-state index contributed by atoms with van der Waals surface area (Å²) in [6.45, 7) is 7.71. The molecule has 0 aromatic rings. The Labute approximate surface area is 550 Å². The highest BCUT2D eigenvalue weighted by Gasteiger charge is 2.51. The van der Waals surface area contributed by atoms with Crippen molar-refractivity contribution in [2.45, 2.75) is 101 Å². The normalized spacial score (nSPS) is 21.0. The van der Waals surface area contributed by atoms with Gasteiger partial charge in [-0.2, -0.15) is 0 Å². The van der Waals surface area contributed by atoms with Gasteiger partial charge in [0, 0.05) is 52.0 Å². The van der Waals surface area contributed by atoms with Crippen molar-refractivity contribution in [2.24, 2.45) is 38.8 Å². The molecule has 10 atom stereocenters. The van der Waals surface area contributed by atoms with Gasteiger partial charge in [-0.05, 0) is 25.0 Å². The van der Waals surface area contributed by atoms with Gasteiger partial charge in [-0.1, -0.05) is 12.8 Å². The number of aliphatic imine (C=N–C) groups is 2. The van der Waals surface area contributed by atoms with Crippen molar-refractivity contribution in [1.29, 1.82) is 0 Å². The minimum atomic E-state index is -1.42. The molecule has 36 nitrogen and oxygen atoms in total. The first-order valence-electron chi connectivity index (χ1n) is 30.8. The van der Waals surface area contributed by atoms with E-state index in [1.807, 2.05) is 0 Å². The third-order valence-corrected chi connectivity index (χ3v) is 13.8. The molecule has 0 aromatic carbocycles. The van der Waals surface area contributed by atoms with E-state index in [2.05, 4.69) is 21.2 Å². The SMILES string of the molecule is C#CCOCCOCCOCCOCCC(=O)N(CCOCCOCCOCCCC(=O)O[C@@H]([C@@H]1OC(C(=O)OC)=C[C@H](N=C(N)N)[C@H]1C)[C@H]1COC(=O)O1)CCOCCOCCOCCCC(=O)O[C@@H]([C@@H]1OC(C(=O)OC)=C[C@H](N=C(N)N)[C@H]1NC(C)=O)[C@H]1COC(=O)O1. The number of terminal acetylenes is 1. The molecular formula is C59H92N8O28. The standard InChI is InChI=1S/C59H92N8O28/c1-6-14-78-20-26-84-32-33-87-29-23-81-17-11-46(69)67(12-18-82-24-30-85-27-21-79-15-7-9-47(70)94-51(44-36-88-58(74)92-44)50-38(2)40(65-56(60)61)34-42(90-50)54(72)76-4)13-19-83-25-31-86-28-22-80-16-8-10-48(71)95-52(45-37-89-59(75)93-45)53-49(64-39(3)68)41(66-57(62)63)35-43(91-53)55(73)77-5/h1,34-35,38,40-41,44-45,49-53H,7-33,36-37H2,2-5H3,(H,64,68)(H4,60,61,65)(H4,62,63,66)/t38-,40+,41+,44-,45-,49-,50-,51-,52-,53-/m1/s1. The van der Waals surface area contributed by atoms with Crippen LogP contribution in [-0.4, -0.2) is 292 Å². The van der Waals surface area contributed by atoms with Gasteiger partial charge in [-0.25, -0.2) is 29.2 Å². The van der Waals surface area contributed by atoms with Crippen molar-refractivity contribution in [3.8, 4) is 12.3 Å². The number of ether oxygens (including phenoxy) is 20. The first-order chi connectivity index (χ1) is 45.8. The number of carbonyl (C=O) groups excluding carboxylic acids is 8. The molecule has 536 valence electrons. The first kappa shape index (κ1) is 79.6. The second kappa shape index (κ2) is 46.3. The highest BCUT2D eigenvalue weighted by molar-refractivity contribution is 5.87. The van der Waals surface area contributed by atoms with E-state index in [0.29, 0.717) is 33.0 Å². The number of hydrogen-bond acceptors (Lipinski definition) is 30. The van der Waals surface area contributed by atoms with Crippen molar-refractivity contribution in [3.63, 3.8) is 0 Å². The number of amides is 2. The minimum Gasteiger partial charge on any atom is -0.479 e. The third kappa shape index (κ3) is 31.5. The fourth-order valence-corrected chi connectivity index (χ4v) is 9.27. The van der Waals surface area contributed by atoms with E-state index in [9.17, 15) is 38.4 Å². The number of nitrogens with one attached hydrogen (secondary N) is 1. The molecule has 0 unspecified atom stereocenters. The molecule has 36 heteroatoms. The van der Waals surface area contributed by atoms with Crippen molar-refractivity contribution >= 4 is 59.9 Å². The van der Waals surface area contributed by atoms with E-state index in [4.69, 9.17) is 124 Å². The monoisotopic (exact) mass is 1360 g/mol. The number of carbonyl (C=O) groups is 8. The number of hydrogen-bond donors (Lipinski definition) is 5. The van der Waals surface area contributed by atoms with Crippen molar-refractivity contribution in [2.75, 3.05) is 173 Å². The molecule has 2 amide bonds. The van der Waals surface area contributed by atoms with Crippen LogP contribution in [0.4, 0.5) is 9.59 Å². The Morgan fingerprint density at radius 3 is 1.36 bits per heavy atom. The van der Waals surface area contributed by atoms with Gasteiger partial charge in [-0.15, -0.1) is 6.42 Å². The van der Waals surface area contributed by atoms with E-state index in [0.717, 1.165) is 14.2 Å². The predicted molar refractivity (Wildman–Crippen MR) is 325 cm³/mol. The second-order valence-electron chi connectivity index (χ2n) is 20.8. The third-order valence-electron chi connectivity index (χ3n) is 13.8. The molecule has 2 fully saturated rings. The topological polar surface area (TPSA) is 465 Å². The zero-order valence-electron chi connectivity index (χ0n) is 54.1. The van der Waals surface area contributed by atoms with Gasteiger partial charge >= 0.3 is 36.2 Å². The molecule has 0 radical (unpaired) electrons. The van der Waals surface area contributed by atoms with E-state index in [-0.39, 0.29) is 187 Å². The molecular weight excluding hydrogens is 1270 g/mol. The van der Waals surface area contributed by atoms with Crippen LogP contribution in [0.3, 0.4) is 0 Å². The van der Waals surface area contributed by atoms with Gasteiger partial charge in [0.15, 0.2) is 42.4 Å². The Balaban J connectivity index is 1.13. The summed E-state index contributed by atoms with van der Waals surface area (Å²) in [6.07, 6.45) is -1.22. The molecule has 0 bridgehead atoms. The van der Waals surface area contributed by atoms with Crippen LogP contribution in [0.2, 0.25) is 0 Å². The van der Waals surface area contributed by atoms with Crippen LogP contribution in [-0.2, 0) is 124 Å². The lowest BCUT2D eigenvalue weighted by molar-refractivity contribution is -0.172. The smallest absolute Gasteiger partial charge is 0.479 e. The van der Waals surface area contributed by atoms with Gasteiger partial charge < -0.3 is 128 Å². The quantitative estimate of drug-likeness (QED) is 0.0108. The van der Waals surface area contributed by atoms with Crippen LogP contribution < -0.4 is 28.3 Å². The molecule has 4 aliphatic heterocycles. The molecule has 9 N–H and O–H groups in total. The minimum absolute atomic E-state index is 0.0785. The summed E-state index contributed by atoms with van der Waals surface area (Å²) in [5.41, 5.74) is 22.6. The highest BCUT2D eigenvalue weighted by Crippen LogP contribution is 2.34. The fourth-order valence-electron chi connectivity index (χ4n) is 9.27. The van der Waals surface area contributed by atoms with Gasteiger partial charge in [-0.3, -0.25) is 19.2 Å². The van der Waals surface area contributed by atoms with Crippen LogP contribution >= 0.6 is 0 Å². The first-order valence-corrected chi connectivity index (χ1v) is 30.8. The summed E-state index contributed by atoms with van der Waals surface area (Å²) in [5.74, 6) is -3.27. The van der Waals surface area contributed by atoms with Crippen LogP contribution in [0.5, 0.6) is 0 Å². The Morgan fingerprint density at radius 2 is 0.947 bits per heavy atom. The molecule has 0 aromatic heterocycles. The van der Waals surface area contributed by atoms with E-state index in [1.54, 1.807) is 11.8 Å². The van der Waals surface area contributed by atoms with Gasteiger partial charge in [0.25, 0.3) is 0 Å². The summed E-state index contributed by atoms with van der Waals surface area (Å²) in [4.78, 5) is 111. The summed E-state index contributed by atoms with van der Waals surface area (Å²) in [6, 6.07) is -2.99. The number of nitrogens with zero attached hydrogens (tertiary/aromatic N) is 3. The number of esters is 4. The lowest BCUT2D eigenvalue weighted by atomic mass is 9.87. The molecule has 4 heterocycles. The Morgan fingerprint density at radius 1 is 0.558 bits per heavy atom. The summed E-state index contributed by atoms with van der Waals surface area (Å²) in [5, 5.41) is 2.65. The van der Waals surface area contributed by atoms with Crippen molar-refractivity contribution in [1.82, 2.24) is 10.2 Å². The lowest BCUT2D eigenvalue weighted by Crippen LogP contribution is -2.60. The van der Waals surface area contributed by atoms with Crippen LogP contribution in [0.25, 0.3) is 0 Å².